The molecule has 0 aliphatic rings. The van der Waals surface area contributed by atoms with E-state index in [1.165, 1.54) is 40.6 Å². The van der Waals surface area contributed by atoms with E-state index in [1.807, 2.05) is 0 Å². The lowest BCUT2D eigenvalue weighted by Gasteiger charge is -2.10. The topological polar surface area (TPSA) is 169 Å². The van der Waals surface area contributed by atoms with E-state index in [4.69, 9.17) is 71.1 Å². The zero-order valence-electron chi connectivity index (χ0n) is 19.9. The van der Waals surface area contributed by atoms with Crippen LogP contribution in [0.1, 0.15) is 20.7 Å². The molecule has 2 aromatic carbocycles. The quantitative estimate of drug-likeness (QED) is 0.312. The molecule has 1 amide bonds. The van der Waals surface area contributed by atoms with Crippen molar-refractivity contribution in [3.05, 3.63) is 43.4 Å². The lowest BCUT2D eigenvalue weighted by molar-refractivity contribution is 0.0698. The maximum absolute atomic E-state index is 11.5. The van der Waals surface area contributed by atoms with Gasteiger partial charge in [-0.15, -0.1) is 0 Å². The zero-order valence-corrected chi connectivity index (χ0v) is 23.0. The van der Waals surface area contributed by atoms with E-state index in [2.05, 4.69) is 19.9 Å². The number of carboxylic acid groups (broad SMARTS) is 1. The normalized spacial score (nSPS) is 10.5. The molecule has 0 spiro atoms. The number of hydrogen-bond acceptors (Lipinski definition) is 10. The number of hydrogen-bond donors (Lipinski definition) is 2. The number of carbonyl (C=O) groups is 2. The molecular weight excluding hydrogens is 588 g/mol. The molecule has 0 aliphatic heterocycles. The highest BCUT2D eigenvalue weighted by Crippen LogP contribution is 2.36. The molecule has 38 heavy (non-hydrogen) atoms. The third-order valence-electron chi connectivity index (χ3n) is 4.81. The summed E-state index contributed by atoms with van der Waals surface area (Å²) in [6.45, 7) is 0. The van der Waals surface area contributed by atoms with Gasteiger partial charge < -0.3 is 29.8 Å². The summed E-state index contributed by atoms with van der Waals surface area (Å²) in [5, 5.41) is 9.37. The fraction of sp³-hybridized carbons (Fsp3) is 0.182. The number of halogens is 4. The molecule has 12 nitrogen and oxygen atoms in total. The number of nitrogens with two attached hydrogens (primary N) is 1. The van der Waals surface area contributed by atoms with Gasteiger partial charge in [0.25, 0.3) is 29.4 Å². The van der Waals surface area contributed by atoms with Crippen LogP contribution in [0.4, 0.5) is 0 Å². The second kappa shape index (κ2) is 11.9. The Balaban J connectivity index is 0.000000211. The smallest absolute Gasteiger partial charge is 0.339 e. The number of amides is 1. The Hall–Kier alpha value is -3.58. The minimum atomic E-state index is -1.25. The molecule has 2 heterocycles. The molecule has 2 aromatic heterocycles. The van der Waals surface area contributed by atoms with E-state index in [9.17, 15) is 14.7 Å². The second-order valence-electron chi connectivity index (χ2n) is 6.98. The Morgan fingerprint density at radius 1 is 0.684 bits per heavy atom. The van der Waals surface area contributed by atoms with Crippen LogP contribution in [0.2, 0.25) is 20.1 Å². The summed E-state index contributed by atoms with van der Waals surface area (Å²) in [5.74, 6) is -1.52. The Bertz CT molecular complexity index is 1470. The van der Waals surface area contributed by atoms with Gasteiger partial charge in [-0.25, -0.2) is 24.7 Å². The van der Waals surface area contributed by atoms with Gasteiger partial charge in [0, 0.05) is 0 Å². The van der Waals surface area contributed by atoms with Crippen LogP contribution < -0.4 is 24.7 Å². The van der Waals surface area contributed by atoms with E-state index in [0.717, 1.165) is 0 Å². The van der Waals surface area contributed by atoms with Crippen molar-refractivity contribution in [1.29, 1.82) is 0 Å². The monoisotopic (exact) mass is 603 g/mol. The van der Waals surface area contributed by atoms with E-state index >= 15 is 0 Å². The van der Waals surface area contributed by atoms with Crippen LogP contribution in [0.25, 0.3) is 22.1 Å². The summed E-state index contributed by atoms with van der Waals surface area (Å²) in [6.07, 6.45) is 0. The van der Waals surface area contributed by atoms with E-state index < -0.39 is 11.9 Å². The molecule has 0 saturated heterocycles. The average molecular weight is 605 g/mol. The summed E-state index contributed by atoms with van der Waals surface area (Å²) in [4.78, 5) is 39.2. The van der Waals surface area contributed by atoms with Gasteiger partial charge in [-0.1, -0.05) is 46.4 Å². The minimum absolute atomic E-state index is 0.00220. The van der Waals surface area contributed by atoms with Crippen molar-refractivity contribution < 1.29 is 33.6 Å². The van der Waals surface area contributed by atoms with Gasteiger partial charge in [0.2, 0.25) is 0 Å². The third-order valence-corrected chi connectivity index (χ3v) is 6.39. The first-order valence-electron chi connectivity index (χ1n) is 10.1. The minimum Gasteiger partial charge on any atom is -0.478 e. The van der Waals surface area contributed by atoms with Gasteiger partial charge in [-0.05, 0) is 12.1 Å². The molecular formula is C22H17Cl4N5O7. The predicted molar refractivity (Wildman–Crippen MR) is 141 cm³/mol. The predicted octanol–water partition coefficient (Wildman–Crippen LogP) is 4.70. The first-order chi connectivity index (χ1) is 18.0. The number of ether oxygens (including phenoxy) is 4. The number of carbonyl (C=O) groups excluding carboxylic acids is 1. The Morgan fingerprint density at radius 3 is 1.37 bits per heavy atom. The van der Waals surface area contributed by atoms with Crippen LogP contribution in [-0.4, -0.2) is 65.4 Å². The first-order valence-corrected chi connectivity index (χ1v) is 11.6. The highest BCUT2D eigenvalue weighted by Gasteiger charge is 2.22. The number of carboxylic acids is 1. The molecule has 200 valence electrons. The van der Waals surface area contributed by atoms with E-state index in [-0.39, 0.29) is 71.3 Å². The number of aromatic nitrogens is 4. The number of primary amides is 1. The fourth-order valence-corrected chi connectivity index (χ4v) is 4.03. The molecule has 0 unspecified atom stereocenters. The van der Waals surface area contributed by atoms with Crippen LogP contribution >= 0.6 is 46.4 Å². The number of benzene rings is 2. The van der Waals surface area contributed by atoms with Gasteiger partial charge >= 0.3 is 5.97 Å². The SMILES string of the molecule is COc1nc2cc(Cl)c(Cl)c(C(=O)O)c2nc1OC.COc1nc2cc(Cl)c(Cl)c(C(N)=O)c2nc1OC. The van der Waals surface area contributed by atoms with Crippen molar-refractivity contribution in [2.75, 3.05) is 28.4 Å². The van der Waals surface area contributed by atoms with Crippen LogP contribution in [0.3, 0.4) is 0 Å². The lowest BCUT2D eigenvalue weighted by Crippen LogP contribution is -2.13. The lowest BCUT2D eigenvalue weighted by atomic mass is 10.1. The van der Waals surface area contributed by atoms with Gasteiger partial charge in [0.15, 0.2) is 0 Å². The fourth-order valence-electron chi connectivity index (χ4n) is 3.17. The van der Waals surface area contributed by atoms with Crippen molar-refractivity contribution in [2.24, 2.45) is 5.73 Å². The maximum atomic E-state index is 11.5. The molecule has 0 radical (unpaired) electrons. The number of fused-ring (bicyclic) bond motifs is 2. The van der Waals surface area contributed by atoms with E-state index in [1.54, 1.807) is 0 Å². The largest absolute Gasteiger partial charge is 0.478 e. The van der Waals surface area contributed by atoms with E-state index in [0.29, 0.717) is 5.52 Å². The summed E-state index contributed by atoms with van der Waals surface area (Å²) in [5.41, 5.74) is 5.94. The molecule has 3 N–H and O–H groups in total. The van der Waals surface area contributed by atoms with Gasteiger partial charge in [0.05, 0.1) is 65.1 Å². The Morgan fingerprint density at radius 2 is 1.03 bits per heavy atom. The number of methoxy groups -OCH3 is 4. The number of aromatic carboxylic acids is 1. The van der Waals surface area contributed by atoms with Crippen LogP contribution in [-0.2, 0) is 0 Å². The maximum Gasteiger partial charge on any atom is 0.339 e. The molecule has 0 aliphatic carbocycles. The Kier molecular flexibility index (Phi) is 9.05. The Labute approximate surface area is 234 Å². The molecule has 4 aromatic rings. The van der Waals surface area contributed by atoms with Gasteiger partial charge in [0.1, 0.15) is 16.6 Å². The van der Waals surface area contributed by atoms with Gasteiger partial charge in [-0.2, -0.15) is 0 Å². The number of rotatable bonds is 6. The van der Waals surface area contributed by atoms with Crippen molar-refractivity contribution in [2.45, 2.75) is 0 Å². The highest BCUT2D eigenvalue weighted by atomic mass is 35.5. The highest BCUT2D eigenvalue weighted by molar-refractivity contribution is 6.45. The molecule has 4 rings (SSSR count). The zero-order chi connectivity index (χ0) is 28.3. The number of nitrogens with zero attached hydrogens (tertiary/aromatic N) is 4. The standard InChI is InChI=1S/C11H9Cl2N3O3.C11H8Cl2N2O4/c1-18-10-11(19-2)16-8-5(15-10)3-4(12)7(13)6(8)9(14)17;1-18-9-10(19-2)15-8-5(14-9)3-4(12)7(13)6(8)11(16)17/h3H,1-2H3,(H2,14,17);3H,1-2H3,(H,16,17). The first kappa shape index (κ1) is 29.0. The summed E-state index contributed by atoms with van der Waals surface area (Å²) >= 11 is 23.6. The van der Waals surface area contributed by atoms with Crippen LogP contribution in [0.15, 0.2) is 12.1 Å². The van der Waals surface area contributed by atoms with Crippen LogP contribution in [0, 0.1) is 0 Å². The molecule has 0 bridgehead atoms. The molecule has 0 fully saturated rings. The summed E-state index contributed by atoms with van der Waals surface area (Å²) in [6, 6.07) is 2.89. The molecule has 0 atom stereocenters. The summed E-state index contributed by atoms with van der Waals surface area (Å²) in [7, 11) is 5.59. The van der Waals surface area contributed by atoms with Gasteiger partial charge in [-0.3, -0.25) is 4.79 Å². The average Bonchev–Trinajstić information content (AvgIpc) is 2.88. The summed E-state index contributed by atoms with van der Waals surface area (Å²) < 4.78 is 20.0. The van der Waals surface area contributed by atoms with Crippen LogP contribution in [0.5, 0.6) is 23.5 Å². The molecule has 16 heteroatoms. The van der Waals surface area contributed by atoms with Crippen molar-refractivity contribution >= 4 is 80.3 Å². The van der Waals surface area contributed by atoms with Crippen molar-refractivity contribution in [1.82, 2.24) is 19.9 Å². The van der Waals surface area contributed by atoms with Crippen molar-refractivity contribution in [3.8, 4) is 23.5 Å². The van der Waals surface area contributed by atoms with Crippen molar-refractivity contribution in [3.63, 3.8) is 0 Å². The third kappa shape index (κ3) is 5.48. The second-order valence-corrected chi connectivity index (χ2v) is 8.55. The molecule has 0 saturated carbocycles.